The number of hydrogen-bond donors (Lipinski definition) is 3. The Labute approximate surface area is 145 Å². The average molecular weight is 341 g/mol. The fourth-order valence-corrected chi connectivity index (χ4v) is 2.66. The van der Waals surface area contributed by atoms with Crippen LogP contribution in [-0.4, -0.2) is 25.8 Å². The summed E-state index contributed by atoms with van der Waals surface area (Å²) in [6.45, 7) is 0.556. The summed E-state index contributed by atoms with van der Waals surface area (Å²) in [4.78, 5) is 23.6. The molecule has 7 heteroatoms. The first-order valence-electron chi connectivity index (χ1n) is 7.90. The minimum atomic E-state index is -0.569. The van der Waals surface area contributed by atoms with Gasteiger partial charge in [0.15, 0.2) is 0 Å². The molecule has 0 unspecified atom stereocenters. The van der Waals surface area contributed by atoms with Crippen molar-refractivity contribution in [1.82, 2.24) is 5.32 Å². The molecular formula is C18H19N3O4. The van der Waals surface area contributed by atoms with Gasteiger partial charge in [0.2, 0.25) is 0 Å². The highest BCUT2D eigenvalue weighted by atomic mass is 16.5. The van der Waals surface area contributed by atoms with Gasteiger partial charge in [-0.1, -0.05) is 24.3 Å². The van der Waals surface area contributed by atoms with Crippen molar-refractivity contribution in [1.29, 1.82) is 0 Å². The van der Waals surface area contributed by atoms with Crippen molar-refractivity contribution in [2.45, 2.75) is 12.5 Å². The summed E-state index contributed by atoms with van der Waals surface area (Å²) in [6.07, 6.45) is 0.134. The largest absolute Gasteiger partial charge is 0.493 e. The number of amides is 3. The molecule has 0 saturated heterocycles. The van der Waals surface area contributed by atoms with E-state index >= 15 is 0 Å². The third-order valence-electron chi connectivity index (χ3n) is 3.82. The normalized spacial score (nSPS) is 15.3. The number of urea groups is 1. The molecule has 1 atom stereocenters. The van der Waals surface area contributed by atoms with Crippen molar-refractivity contribution in [3.8, 4) is 5.75 Å². The molecule has 0 aliphatic carbocycles. The maximum atomic E-state index is 12.3. The van der Waals surface area contributed by atoms with E-state index in [0.717, 1.165) is 11.3 Å². The number of para-hydroxylation sites is 1. The third kappa shape index (κ3) is 4.20. The van der Waals surface area contributed by atoms with Crippen LogP contribution in [0, 0.1) is 0 Å². The van der Waals surface area contributed by atoms with Crippen molar-refractivity contribution in [3.05, 3.63) is 54.1 Å². The van der Waals surface area contributed by atoms with Crippen LogP contribution >= 0.6 is 0 Å². The van der Waals surface area contributed by atoms with E-state index in [-0.39, 0.29) is 12.1 Å². The molecule has 3 N–H and O–H groups in total. The number of nitrogens with one attached hydrogen (secondary N) is 3. The van der Waals surface area contributed by atoms with Crippen LogP contribution in [-0.2, 0) is 4.74 Å². The van der Waals surface area contributed by atoms with Crippen molar-refractivity contribution >= 4 is 23.5 Å². The monoisotopic (exact) mass is 341 g/mol. The van der Waals surface area contributed by atoms with E-state index in [4.69, 9.17) is 4.74 Å². The van der Waals surface area contributed by atoms with Crippen molar-refractivity contribution in [2.24, 2.45) is 0 Å². The Morgan fingerprint density at radius 3 is 2.64 bits per heavy atom. The number of carbonyl (C=O) groups is 2. The van der Waals surface area contributed by atoms with Crippen LogP contribution < -0.4 is 20.7 Å². The molecule has 3 amide bonds. The molecule has 2 aromatic rings. The number of methoxy groups -OCH3 is 1. The van der Waals surface area contributed by atoms with Gasteiger partial charge in [0.25, 0.3) is 0 Å². The van der Waals surface area contributed by atoms with Crippen LogP contribution in [0.15, 0.2) is 48.5 Å². The second kappa shape index (κ2) is 7.57. The maximum Gasteiger partial charge on any atom is 0.411 e. The van der Waals surface area contributed by atoms with Gasteiger partial charge < -0.3 is 20.1 Å². The maximum absolute atomic E-state index is 12.3. The van der Waals surface area contributed by atoms with Crippen LogP contribution in [0.2, 0.25) is 0 Å². The molecule has 0 aromatic heterocycles. The first-order valence-corrected chi connectivity index (χ1v) is 7.90. The van der Waals surface area contributed by atoms with Crippen LogP contribution in [0.1, 0.15) is 18.0 Å². The van der Waals surface area contributed by atoms with Gasteiger partial charge in [-0.3, -0.25) is 5.32 Å². The molecular weight excluding hydrogens is 322 g/mol. The molecule has 1 aliphatic rings. The average Bonchev–Trinajstić information content (AvgIpc) is 2.62. The number of rotatable bonds is 3. The van der Waals surface area contributed by atoms with Gasteiger partial charge in [-0.15, -0.1) is 0 Å². The summed E-state index contributed by atoms with van der Waals surface area (Å²) in [5.41, 5.74) is 2.05. The lowest BCUT2D eigenvalue weighted by Crippen LogP contribution is -2.35. The zero-order chi connectivity index (χ0) is 17.6. The Morgan fingerprint density at radius 2 is 1.84 bits per heavy atom. The molecule has 0 saturated carbocycles. The molecule has 0 fully saturated rings. The number of fused-ring (bicyclic) bond motifs is 1. The number of carbonyl (C=O) groups excluding carboxylic acids is 2. The third-order valence-corrected chi connectivity index (χ3v) is 3.82. The number of benzene rings is 2. The lowest BCUT2D eigenvalue weighted by atomic mass is 10.0. The molecule has 25 heavy (non-hydrogen) atoms. The minimum Gasteiger partial charge on any atom is -0.493 e. The fraction of sp³-hybridized carbons (Fsp3) is 0.222. The Balaban J connectivity index is 1.64. The molecule has 0 radical (unpaired) electrons. The molecule has 7 nitrogen and oxygen atoms in total. The Hall–Kier alpha value is -3.22. The number of hydrogen-bond acceptors (Lipinski definition) is 4. The number of anilines is 2. The second-order valence-electron chi connectivity index (χ2n) is 5.52. The predicted molar refractivity (Wildman–Crippen MR) is 93.9 cm³/mol. The van der Waals surface area contributed by atoms with E-state index in [2.05, 4.69) is 20.7 Å². The molecule has 1 heterocycles. The van der Waals surface area contributed by atoms with Crippen molar-refractivity contribution in [3.63, 3.8) is 0 Å². The predicted octanol–water partition coefficient (Wildman–Crippen LogP) is 3.51. The van der Waals surface area contributed by atoms with Crippen molar-refractivity contribution in [2.75, 3.05) is 24.4 Å². The quantitative estimate of drug-likeness (QED) is 0.797. The standard InChI is InChI=1S/C18H19N3O4/c1-24-18(23)20-13-6-4-5-12(11-13)19-17(22)21-15-9-10-25-16-8-3-2-7-14(15)16/h2-8,11,15H,9-10H2,1H3,(H,20,23)(H2,19,21,22)/t15-/m0/s1. The van der Waals surface area contributed by atoms with E-state index in [1.54, 1.807) is 24.3 Å². The molecule has 130 valence electrons. The van der Waals surface area contributed by atoms with E-state index < -0.39 is 6.09 Å². The summed E-state index contributed by atoms with van der Waals surface area (Å²) in [5, 5.41) is 8.27. The highest BCUT2D eigenvalue weighted by molar-refractivity contribution is 5.91. The van der Waals surface area contributed by atoms with Gasteiger partial charge in [-0.05, 0) is 24.3 Å². The van der Waals surface area contributed by atoms with Gasteiger partial charge in [-0.25, -0.2) is 9.59 Å². The summed E-state index contributed by atoms with van der Waals surface area (Å²) in [6, 6.07) is 14.0. The molecule has 0 bridgehead atoms. The first kappa shape index (κ1) is 16.6. The number of ether oxygens (including phenoxy) is 2. The smallest absolute Gasteiger partial charge is 0.411 e. The summed E-state index contributed by atoms with van der Waals surface area (Å²) in [5.74, 6) is 0.795. The molecule has 1 aliphatic heterocycles. The lowest BCUT2D eigenvalue weighted by molar-refractivity contribution is 0.187. The van der Waals surface area contributed by atoms with E-state index in [1.165, 1.54) is 7.11 Å². The SMILES string of the molecule is COC(=O)Nc1cccc(NC(=O)N[C@H]2CCOc3ccccc32)c1. The Kier molecular flexibility index (Phi) is 5.03. The van der Waals surface area contributed by atoms with Gasteiger partial charge >= 0.3 is 12.1 Å². The van der Waals surface area contributed by atoms with Crippen LogP contribution in [0.25, 0.3) is 0 Å². The van der Waals surface area contributed by atoms with E-state index in [1.807, 2.05) is 24.3 Å². The zero-order valence-corrected chi connectivity index (χ0v) is 13.7. The van der Waals surface area contributed by atoms with Crippen LogP contribution in [0.5, 0.6) is 5.75 Å². The molecule has 2 aromatic carbocycles. The summed E-state index contributed by atoms with van der Waals surface area (Å²) in [7, 11) is 1.29. The highest BCUT2D eigenvalue weighted by Crippen LogP contribution is 2.31. The highest BCUT2D eigenvalue weighted by Gasteiger charge is 2.22. The lowest BCUT2D eigenvalue weighted by Gasteiger charge is -2.26. The van der Waals surface area contributed by atoms with Gasteiger partial charge in [-0.2, -0.15) is 0 Å². The Morgan fingerprint density at radius 1 is 1.08 bits per heavy atom. The Bertz CT molecular complexity index is 778. The van der Waals surface area contributed by atoms with Crippen molar-refractivity contribution < 1.29 is 19.1 Å². The first-order chi connectivity index (χ1) is 12.2. The van der Waals surface area contributed by atoms with Gasteiger partial charge in [0.05, 0.1) is 19.8 Å². The zero-order valence-electron chi connectivity index (χ0n) is 13.7. The van der Waals surface area contributed by atoms with E-state index in [9.17, 15) is 9.59 Å². The minimum absolute atomic E-state index is 0.110. The summed E-state index contributed by atoms with van der Waals surface area (Å²) < 4.78 is 10.1. The second-order valence-corrected chi connectivity index (χ2v) is 5.52. The topological polar surface area (TPSA) is 88.7 Å². The summed E-state index contributed by atoms with van der Waals surface area (Å²) >= 11 is 0. The fourth-order valence-electron chi connectivity index (χ4n) is 2.66. The van der Waals surface area contributed by atoms with Gasteiger partial charge in [0, 0.05) is 23.4 Å². The molecule has 0 spiro atoms. The van der Waals surface area contributed by atoms with Crippen LogP contribution in [0.3, 0.4) is 0 Å². The van der Waals surface area contributed by atoms with Gasteiger partial charge in [0.1, 0.15) is 5.75 Å². The van der Waals surface area contributed by atoms with Crippen LogP contribution in [0.4, 0.5) is 21.0 Å². The molecule has 3 rings (SSSR count). The van der Waals surface area contributed by atoms with E-state index in [0.29, 0.717) is 24.4 Å².